The van der Waals surface area contributed by atoms with Gasteiger partial charge in [0.2, 0.25) is 11.7 Å². The Labute approximate surface area is 218 Å². The van der Waals surface area contributed by atoms with Gasteiger partial charge in [-0.15, -0.1) is 0 Å². The molecule has 2 aromatic carbocycles. The third-order valence-electron chi connectivity index (χ3n) is 6.39. The van der Waals surface area contributed by atoms with Crippen molar-refractivity contribution in [3.05, 3.63) is 42.0 Å². The number of ether oxygens (including phenoxy) is 3. The molecule has 1 atom stereocenters. The van der Waals surface area contributed by atoms with Gasteiger partial charge in [-0.25, -0.2) is 4.79 Å². The van der Waals surface area contributed by atoms with Crippen molar-refractivity contribution >= 4 is 17.8 Å². The molecule has 2 N–H and O–H groups in total. The van der Waals surface area contributed by atoms with Crippen molar-refractivity contribution in [2.24, 2.45) is 0 Å². The Hall–Kier alpha value is -3.75. The second kappa shape index (κ2) is 13.5. The van der Waals surface area contributed by atoms with Crippen LogP contribution in [0.5, 0.6) is 17.2 Å². The van der Waals surface area contributed by atoms with Gasteiger partial charge in [-0.1, -0.05) is 56.9 Å². The van der Waals surface area contributed by atoms with E-state index in [-0.39, 0.29) is 18.9 Å². The van der Waals surface area contributed by atoms with Gasteiger partial charge in [-0.05, 0) is 35.2 Å². The molecule has 1 unspecified atom stereocenters. The first-order valence-electron chi connectivity index (χ1n) is 12.7. The number of carbonyl (C=O) groups is 3. The van der Waals surface area contributed by atoms with Crippen LogP contribution in [0.3, 0.4) is 0 Å². The number of amides is 4. The highest BCUT2D eigenvalue weighted by Crippen LogP contribution is 2.41. The minimum atomic E-state index is -0.842. The highest BCUT2D eigenvalue weighted by molar-refractivity contribution is 6.05. The fraction of sp³-hybridized carbons (Fsp3) is 0.464. The summed E-state index contributed by atoms with van der Waals surface area (Å²) in [5, 5.41) is 5.48. The van der Waals surface area contributed by atoms with Crippen LogP contribution in [0.4, 0.5) is 4.79 Å². The molecule has 0 saturated carbocycles. The van der Waals surface area contributed by atoms with Crippen LogP contribution in [-0.2, 0) is 16.1 Å². The zero-order valence-electron chi connectivity index (χ0n) is 22.1. The minimum Gasteiger partial charge on any atom is -0.493 e. The van der Waals surface area contributed by atoms with E-state index in [1.165, 1.54) is 12.8 Å². The Morgan fingerprint density at radius 2 is 1.57 bits per heavy atom. The second-order valence-electron chi connectivity index (χ2n) is 9.01. The quantitative estimate of drug-likeness (QED) is 0.290. The summed E-state index contributed by atoms with van der Waals surface area (Å²) in [6.07, 6.45) is 5.44. The molecule has 0 bridgehead atoms. The Bertz CT molecular complexity index is 1060. The fourth-order valence-corrected chi connectivity index (χ4v) is 4.31. The van der Waals surface area contributed by atoms with Gasteiger partial charge in [0.25, 0.3) is 5.91 Å². The van der Waals surface area contributed by atoms with Crippen LogP contribution in [0.25, 0.3) is 11.1 Å². The van der Waals surface area contributed by atoms with Gasteiger partial charge in [-0.3, -0.25) is 14.5 Å². The molecule has 4 amide bonds. The predicted molar refractivity (Wildman–Crippen MR) is 141 cm³/mol. The minimum absolute atomic E-state index is 0.0594. The molecule has 2 aromatic rings. The monoisotopic (exact) mass is 511 g/mol. The molecule has 3 rings (SSSR count). The van der Waals surface area contributed by atoms with Crippen LogP contribution in [0.1, 0.15) is 51.0 Å². The van der Waals surface area contributed by atoms with Crippen molar-refractivity contribution in [3.63, 3.8) is 0 Å². The first-order chi connectivity index (χ1) is 17.9. The molecule has 37 heavy (non-hydrogen) atoms. The van der Waals surface area contributed by atoms with Crippen LogP contribution in [0.2, 0.25) is 0 Å². The number of hydrogen-bond acceptors (Lipinski definition) is 6. The van der Waals surface area contributed by atoms with Crippen molar-refractivity contribution in [1.29, 1.82) is 0 Å². The standard InChI is InChI=1S/C28H37N3O6/c1-5-6-7-8-9-14-29-25(32)17-22-27(33)31(28(34)30-22)18-19-10-12-20(13-11-19)21-15-23(35-2)26(37-4)24(16-21)36-3/h10-13,15-16,22H,5-9,14,17-18H2,1-4H3,(H,29,32)(H,30,34). The van der Waals surface area contributed by atoms with E-state index in [0.29, 0.717) is 23.8 Å². The summed E-state index contributed by atoms with van der Waals surface area (Å²) in [4.78, 5) is 38.7. The number of benzene rings is 2. The third-order valence-corrected chi connectivity index (χ3v) is 6.39. The van der Waals surface area contributed by atoms with Crippen molar-refractivity contribution in [3.8, 4) is 28.4 Å². The van der Waals surface area contributed by atoms with Gasteiger partial charge in [0.05, 0.1) is 34.3 Å². The van der Waals surface area contributed by atoms with Crippen molar-refractivity contribution in [2.45, 2.75) is 58.0 Å². The van der Waals surface area contributed by atoms with Crippen molar-refractivity contribution < 1.29 is 28.6 Å². The lowest BCUT2D eigenvalue weighted by molar-refractivity contribution is -0.131. The van der Waals surface area contributed by atoms with E-state index in [1.807, 2.05) is 36.4 Å². The van der Waals surface area contributed by atoms with Gasteiger partial charge in [0.15, 0.2) is 11.5 Å². The van der Waals surface area contributed by atoms with E-state index < -0.39 is 18.0 Å². The van der Waals surface area contributed by atoms with Crippen LogP contribution >= 0.6 is 0 Å². The molecule has 0 radical (unpaired) electrons. The van der Waals surface area contributed by atoms with Gasteiger partial charge in [0, 0.05) is 6.54 Å². The maximum atomic E-state index is 12.8. The molecular weight excluding hydrogens is 474 g/mol. The van der Waals surface area contributed by atoms with Gasteiger partial charge in [0.1, 0.15) is 6.04 Å². The molecular formula is C28H37N3O6. The van der Waals surface area contributed by atoms with E-state index in [4.69, 9.17) is 14.2 Å². The molecule has 9 nitrogen and oxygen atoms in total. The zero-order valence-corrected chi connectivity index (χ0v) is 22.1. The van der Waals surface area contributed by atoms with Crippen LogP contribution in [0, 0.1) is 0 Å². The lowest BCUT2D eigenvalue weighted by Crippen LogP contribution is -2.36. The number of nitrogens with zero attached hydrogens (tertiary/aromatic N) is 1. The molecule has 9 heteroatoms. The van der Waals surface area contributed by atoms with Crippen molar-refractivity contribution in [1.82, 2.24) is 15.5 Å². The molecule has 1 saturated heterocycles. The maximum Gasteiger partial charge on any atom is 0.325 e. The summed E-state index contributed by atoms with van der Waals surface area (Å²) in [6.45, 7) is 2.86. The highest BCUT2D eigenvalue weighted by Gasteiger charge is 2.38. The fourth-order valence-electron chi connectivity index (χ4n) is 4.31. The molecule has 1 aliphatic rings. The van der Waals surface area contributed by atoms with Crippen LogP contribution in [-0.4, -0.2) is 56.7 Å². The Morgan fingerprint density at radius 1 is 0.919 bits per heavy atom. The summed E-state index contributed by atoms with van der Waals surface area (Å²) in [5.41, 5.74) is 2.56. The van der Waals surface area contributed by atoms with E-state index >= 15 is 0 Å². The normalized spacial score (nSPS) is 14.9. The molecule has 1 heterocycles. The summed E-state index contributed by atoms with van der Waals surface area (Å²) >= 11 is 0. The largest absolute Gasteiger partial charge is 0.493 e. The molecule has 0 spiro atoms. The number of nitrogens with one attached hydrogen (secondary N) is 2. The SMILES string of the molecule is CCCCCCCNC(=O)CC1NC(=O)N(Cc2ccc(-c3cc(OC)c(OC)c(OC)c3)cc2)C1=O. The van der Waals surface area contributed by atoms with Crippen LogP contribution < -0.4 is 24.8 Å². The Balaban J connectivity index is 1.58. The number of hydrogen-bond donors (Lipinski definition) is 2. The molecule has 0 aliphatic carbocycles. The number of carbonyl (C=O) groups excluding carboxylic acids is 3. The van der Waals surface area contributed by atoms with Gasteiger partial charge >= 0.3 is 6.03 Å². The summed E-state index contributed by atoms with van der Waals surface area (Å²) in [6, 6.07) is 9.90. The molecule has 1 aliphatic heterocycles. The number of rotatable bonds is 14. The van der Waals surface area contributed by atoms with E-state index in [0.717, 1.165) is 40.9 Å². The predicted octanol–water partition coefficient (Wildman–Crippen LogP) is 4.28. The topological polar surface area (TPSA) is 106 Å². The summed E-state index contributed by atoms with van der Waals surface area (Å²) < 4.78 is 16.2. The molecule has 200 valence electrons. The average Bonchev–Trinajstić information content (AvgIpc) is 3.17. The maximum absolute atomic E-state index is 12.8. The third kappa shape index (κ3) is 7.15. The Morgan fingerprint density at radius 3 is 2.16 bits per heavy atom. The number of unbranched alkanes of at least 4 members (excludes halogenated alkanes) is 4. The first kappa shape index (κ1) is 27.8. The van der Waals surface area contributed by atoms with Gasteiger partial charge in [-0.2, -0.15) is 0 Å². The lowest BCUT2D eigenvalue weighted by atomic mass is 10.0. The van der Waals surface area contributed by atoms with E-state index in [2.05, 4.69) is 17.6 Å². The van der Waals surface area contributed by atoms with Crippen molar-refractivity contribution in [2.75, 3.05) is 27.9 Å². The molecule has 0 aromatic heterocycles. The smallest absolute Gasteiger partial charge is 0.325 e. The number of methoxy groups -OCH3 is 3. The van der Waals surface area contributed by atoms with E-state index in [9.17, 15) is 14.4 Å². The Kier molecular flexibility index (Phi) is 10.2. The highest BCUT2D eigenvalue weighted by atomic mass is 16.5. The van der Waals surface area contributed by atoms with Gasteiger partial charge < -0.3 is 24.8 Å². The summed E-state index contributed by atoms with van der Waals surface area (Å²) in [7, 11) is 4.68. The second-order valence-corrected chi connectivity index (χ2v) is 9.01. The van der Waals surface area contributed by atoms with E-state index in [1.54, 1.807) is 21.3 Å². The lowest BCUT2D eigenvalue weighted by Gasteiger charge is -2.15. The first-order valence-corrected chi connectivity index (χ1v) is 12.7. The molecule has 1 fully saturated rings. The van der Waals surface area contributed by atoms with Crippen LogP contribution in [0.15, 0.2) is 36.4 Å². The summed E-state index contributed by atoms with van der Waals surface area (Å²) in [5.74, 6) is 0.986. The number of imide groups is 1. The zero-order chi connectivity index (χ0) is 26.8. The average molecular weight is 512 g/mol. The number of urea groups is 1.